The molecular formula is C23H24N4. The molecule has 0 spiro atoms. The van der Waals surface area contributed by atoms with E-state index in [1.165, 1.54) is 35.2 Å². The molecule has 0 bridgehead atoms. The monoisotopic (exact) mass is 356 g/mol. The van der Waals surface area contributed by atoms with Crippen LogP contribution in [-0.4, -0.2) is 23.1 Å². The number of allylic oxidation sites excluding steroid dienone is 1. The van der Waals surface area contributed by atoms with E-state index in [0.717, 1.165) is 29.7 Å². The Labute approximate surface area is 160 Å². The molecule has 0 amide bonds. The summed E-state index contributed by atoms with van der Waals surface area (Å²) in [6.45, 7) is 8.54. The van der Waals surface area contributed by atoms with Crippen LogP contribution in [0.15, 0.2) is 30.3 Å². The van der Waals surface area contributed by atoms with E-state index < -0.39 is 0 Å². The summed E-state index contributed by atoms with van der Waals surface area (Å²) in [5.41, 5.74) is 8.35. The summed E-state index contributed by atoms with van der Waals surface area (Å²) in [7, 11) is 0. The maximum absolute atomic E-state index is 9.71. The van der Waals surface area contributed by atoms with Crippen LogP contribution in [0.25, 0.3) is 22.7 Å². The lowest BCUT2D eigenvalue weighted by atomic mass is 10.0. The van der Waals surface area contributed by atoms with Crippen LogP contribution in [0.4, 0.5) is 5.69 Å². The molecule has 2 aromatic carbocycles. The minimum Gasteiger partial charge on any atom is -0.372 e. The highest BCUT2D eigenvalue weighted by atomic mass is 15.1. The number of nitrogens with zero attached hydrogens (tertiary/aromatic N) is 3. The number of fused-ring (bicyclic) bond motifs is 1. The predicted molar refractivity (Wildman–Crippen MR) is 112 cm³/mol. The second-order valence-corrected chi connectivity index (χ2v) is 7.44. The van der Waals surface area contributed by atoms with Crippen molar-refractivity contribution in [1.29, 1.82) is 5.26 Å². The van der Waals surface area contributed by atoms with E-state index in [1.807, 2.05) is 6.08 Å². The molecule has 4 nitrogen and oxygen atoms in total. The van der Waals surface area contributed by atoms with Gasteiger partial charge >= 0.3 is 0 Å². The van der Waals surface area contributed by atoms with Gasteiger partial charge in [-0.05, 0) is 86.2 Å². The fraction of sp³-hybridized carbons (Fsp3) is 0.304. The molecule has 4 rings (SSSR count). The van der Waals surface area contributed by atoms with Gasteiger partial charge in [0, 0.05) is 18.8 Å². The lowest BCUT2D eigenvalue weighted by Gasteiger charge is -2.18. The summed E-state index contributed by atoms with van der Waals surface area (Å²) in [6, 6.07) is 13.0. The Morgan fingerprint density at radius 1 is 1.07 bits per heavy atom. The maximum Gasteiger partial charge on any atom is 0.149 e. The largest absolute Gasteiger partial charge is 0.372 e. The molecular weight excluding hydrogens is 332 g/mol. The first-order valence-corrected chi connectivity index (χ1v) is 9.50. The molecule has 4 heteroatoms. The molecule has 2 heterocycles. The Balaban J connectivity index is 1.70. The van der Waals surface area contributed by atoms with Crippen LogP contribution in [0.5, 0.6) is 0 Å². The van der Waals surface area contributed by atoms with Gasteiger partial charge in [0.1, 0.15) is 11.9 Å². The van der Waals surface area contributed by atoms with Crippen molar-refractivity contribution >= 4 is 28.4 Å². The minimum atomic E-state index is 0.554. The van der Waals surface area contributed by atoms with Crippen molar-refractivity contribution in [2.24, 2.45) is 0 Å². The number of hydrogen-bond acceptors (Lipinski definition) is 3. The Morgan fingerprint density at radius 2 is 1.81 bits per heavy atom. The Hall–Kier alpha value is -3.06. The van der Waals surface area contributed by atoms with E-state index in [-0.39, 0.29) is 0 Å². The Morgan fingerprint density at radius 3 is 2.52 bits per heavy atom. The number of aromatic amines is 1. The van der Waals surface area contributed by atoms with E-state index in [4.69, 9.17) is 0 Å². The number of aromatic nitrogens is 2. The standard InChI is InChI=1S/C23H24N4/c1-15-11-21-22(12-16(15)2)26-23(25-21)19(14-24)13-18-6-7-20(10-17(18)3)27-8-4-5-9-27/h6-7,10-13H,4-5,8-9H2,1-3H3,(H,25,26)/b19-13+. The molecule has 1 saturated heterocycles. The third kappa shape index (κ3) is 3.33. The third-order valence-electron chi connectivity index (χ3n) is 5.50. The number of anilines is 1. The normalized spacial score (nSPS) is 14.7. The fourth-order valence-electron chi connectivity index (χ4n) is 3.70. The molecule has 0 saturated carbocycles. The average Bonchev–Trinajstić information content (AvgIpc) is 3.31. The van der Waals surface area contributed by atoms with Gasteiger partial charge in [-0.1, -0.05) is 6.07 Å². The van der Waals surface area contributed by atoms with Gasteiger partial charge in [0.2, 0.25) is 0 Å². The number of nitriles is 1. The van der Waals surface area contributed by atoms with Crippen LogP contribution in [0.3, 0.4) is 0 Å². The van der Waals surface area contributed by atoms with Crippen molar-refractivity contribution < 1.29 is 0 Å². The van der Waals surface area contributed by atoms with Crippen LogP contribution in [-0.2, 0) is 0 Å². The highest BCUT2D eigenvalue weighted by molar-refractivity contribution is 5.91. The molecule has 0 aliphatic carbocycles. The number of hydrogen-bond donors (Lipinski definition) is 1. The van der Waals surface area contributed by atoms with Gasteiger partial charge in [0.05, 0.1) is 16.6 Å². The molecule has 27 heavy (non-hydrogen) atoms. The summed E-state index contributed by atoms with van der Waals surface area (Å²) in [6.07, 6.45) is 4.47. The van der Waals surface area contributed by atoms with Crippen LogP contribution >= 0.6 is 0 Å². The third-order valence-corrected chi connectivity index (χ3v) is 5.50. The van der Waals surface area contributed by atoms with Gasteiger partial charge in [-0.15, -0.1) is 0 Å². The molecule has 1 fully saturated rings. The molecule has 1 aliphatic rings. The van der Waals surface area contributed by atoms with E-state index in [0.29, 0.717) is 11.4 Å². The molecule has 1 aromatic heterocycles. The smallest absolute Gasteiger partial charge is 0.149 e. The van der Waals surface area contributed by atoms with Crippen LogP contribution in [0.2, 0.25) is 0 Å². The van der Waals surface area contributed by atoms with Crippen molar-refractivity contribution in [2.45, 2.75) is 33.6 Å². The number of rotatable bonds is 3. The topological polar surface area (TPSA) is 55.7 Å². The zero-order valence-electron chi connectivity index (χ0n) is 16.1. The fourth-order valence-corrected chi connectivity index (χ4v) is 3.70. The summed E-state index contributed by atoms with van der Waals surface area (Å²) in [5.74, 6) is 0.625. The first kappa shape index (κ1) is 17.4. The Bertz CT molecular complexity index is 1040. The molecule has 0 unspecified atom stereocenters. The number of imidazole rings is 1. The quantitative estimate of drug-likeness (QED) is 0.660. The summed E-state index contributed by atoms with van der Waals surface area (Å²) >= 11 is 0. The molecule has 0 radical (unpaired) electrons. The maximum atomic E-state index is 9.71. The van der Waals surface area contributed by atoms with E-state index >= 15 is 0 Å². The Kier molecular flexibility index (Phi) is 4.45. The van der Waals surface area contributed by atoms with Crippen LogP contribution < -0.4 is 4.90 Å². The van der Waals surface area contributed by atoms with Crippen molar-refractivity contribution in [3.63, 3.8) is 0 Å². The lowest BCUT2D eigenvalue weighted by molar-refractivity contribution is 0.949. The van der Waals surface area contributed by atoms with Gasteiger partial charge in [-0.25, -0.2) is 4.98 Å². The summed E-state index contributed by atoms with van der Waals surface area (Å²) in [5, 5.41) is 9.71. The second kappa shape index (κ2) is 6.92. The zero-order valence-corrected chi connectivity index (χ0v) is 16.1. The van der Waals surface area contributed by atoms with Gasteiger partial charge in [-0.3, -0.25) is 0 Å². The SMILES string of the molecule is Cc1cc2nc(/C(C#N)=C/c3ccc(N4CCCC4)cc3C)[nH]c2cc1C. The van der Waals surface area contributed by atoms with Gasteiger partial charge in [-0.2, -0.15) is 5.26 Å². The number of nitrogens with one attached hydrogen (secondary N) is 1. The highest BCUT2D eigenvalue weighted by Crippen LogP contribution is 2.26. The van der Waals surface area contributed by atoms with E-state index in [2.05, 4.69) is 72.0 Å². The molecule has 1 aliphatic heterocycles. The van der Waals surface area contributed by atoms with Crippen molar-refractivity contribution in [3.8, 4) is 6.07 Å². The van der Waals surface area contributed by atoms with Gasteiger partial charge < -0.3 is 9.88 Å². The van der Waals surface area contributed by atoms with E-state index in [9.17, 15) is 5.26 Å². The molecule has 0 atom stereocenters. The molecule has 136 valence electrons. The first-order valence-electron chi connectivity index (χ1n) is 9.50. The highest BCUT2D eigenvalue weighted by Gasteiger charge is 2.14. The second-order valence-electron chi connectivity index (χ2n) is 7.44. The first-order chi connectivity index (χ1) is 13.0. The minimum absolute atomic E-state index is 0.554. The lowest BCUT2D eigenvalue weighted by Crippen LogP contribution is -2.17. The molecule has 3 aromatic rings. The number of benzene rings is 2. The zero-order chi connectivity index (χ0) is 19.0. The predicted octanol–water partition coefficient (Wildman–Crippen LogP) is 5.15. The van der Waals surface area contributed by atoms with Crippen molar-refractivity contribution in [2.75, 3.05) is 18.0 Å². The van der Waals surface area contributed by atoms with Crippen LogP contribution in [0, 0.1) is 32.1 Å². The van der Waals surface area contributed by atoms with Crippen LogP contribution in [0.1, 0.15) is 40.9 Å². The summed E-state index contributed by atoms with van der Waals surface area (Å²) < 4.78 is 0. The summed E-state index contributed by atoms with van der Waals surface area (Å²) in [4.78, 5) is 10.4. The van der Waals surface area contributed by atoms with Crippen molar-refractivity contribution in [1.82, 2.24) is 9.97 Å². The molecule has 1 N–H and O–H groups in total. The van der Waals surface area contributed by atoms with Gasteiger partial charge in [0.15, 0.2) is 0 Å². The van der Waals surface area contributed by atoms with Gasteiger partial charge in [0.25, 0.3) is 0 Å². The number of aryl methyl sites for hydroxylation is 3. The van der Waals surface area contributed by atoms with E-state index in [1.54, 1.807) is 0 Å². The average molecular weight is 356 g/mol. The number of H-pyrrole nitrogens is 1. The van der Waals surface area contributed by atoms with Crippen molar-refractivity contribution in [3.05, 3.63) is 58.4 Å².